The molecule has 0 bridgehead atoms. The van der Waals surface area contributed by atoms with Gasteiger partial charge in [0, 0.05) is 18.5 Å². The van der Waals surface area contributed by atoms with Crippen molar-refractivity contribution in [3.63, 3.8) is 0 Å². The first-order valence-corrected chi connectivity index (χ1v) is 9.22. The maximum absolute atomic E-state index is 12.3. The third kappa shape index (κ3) is 5.88. The molecule has 2 aromatic heterocycles. The fraction of sp³-hybridized carbons (Fsp3) is 0.100. The van der Waals surface area contributed by atoms with Crippen LogP contribution in [0.2, 0.25) is 5.02 Å². The Labute approximate surface area is 182 Å². The zero-order valence-electron chi connectivity index (χ0n) is 16.2. The molecule has 2 heterocycles. The molecule has 0 aliphatic rings. The van der Waals surface area contributed by atoms with Gasteiger partial charge in [-0.05, 0) is 17.7 Å². The van der Waals surface area contributed by atoms with Crippen LogP contribution < -0.4 is 20.7 Å². The molecule has 0 atom stereocenters. The summed E-state index contributed by atoms with van der Waals surface area (Å²) in [6.07, 6.45) is 5.84. The van der Waals surface area contributed by atoms with Gasteiger partial charge in [0.25, 0.3) is 0 Å². The number of nitrogens with zero attached hydrogens (tertiary/aromatic N) is 4. The molecule has 3 N–H and O–H groups in total. The number of nitrogens with one attached hydrogen (secondary N) is 3. The maximum Gasteiger partial charge on any atom is 0.325 e. The van der Waals surface area contributed by atoms with Crippen molar-refractivity contribution >= 4 is 40.7 Å². The van der Waals surface area contributed by atoms with Gasteiger partial charge in [0.2, 0.25) is 5.91 Å². The van der Waals surface area contributed by atoms with E-state index in [1.165, 1.54) is 31.6 Å². The van der Waals surface area contributed by atoms with E-state index >= 15 is 0 Å². The van der Waals surface area contributed by atoms with Crippen LogP contribution in [-0.2, 0) is 11.2 Å². The Balaban J connectivity index is 1.68. The van der Waals surface area contributed by atoms with E-state index in [0.29, 0.717) is 5.69 Å². The number of halogens is 1. The molecular formula is C20H16ClN7O3. The van der Waals surface area contributed by atoms with E-state index in [9.17, 15) is 9.59 Å². The van der Waals surface area contributed by atoms with Gasteiger partial charge in [-0.2, -0.15) is 5.26 Å². The zero-order chi connectivity index (χ0) is 22.2. The van der Waals surface area contributed by atoms with Crippen molar-refractivity contribution in [1.82, 2.24) is 15.0 Å². The number of ether oxygens (including phenoxy) is 1. The van der Waals surface area contributed by atoms with Crippen molar-refractivity contribution in [2.24, 2.45) is 0 Å². The minimum absolute atomic E-state index is 0.126. The van der Waals surface area contributed by atoms with Gasteiger partial charge in [0.1, 0.15) is 11.8 Å². The molecule has 0 spiro atoms. The van der Waals surface area contributed by atoms with Gasteiger partial charge in [0.15, 0.2) is 11.5 Å². The first kappa shape index (κ1) is 21.5. The lowest BCUT2D eigenvalue weighted by Gasteiger charge is -2.14. The standard InChI is InChI=1S/C20H16ClN7O3/c1-31-17-7-15(26-19(29)5-12-3-2-4-23-9-12)14(21)6-16(17)27-20(30)28-18-11-24-13(8-22)10-25-18/h2-4,6-7,9-11H,5H2,1H3,(H,26,29)(H2,25,27,28,30). The van der Waals surface area contributed by atoms with Crippen LogP contribution >= 0.6 is 11.6 Å². The van der Waals surface area contributed by atoms with E-state index < -0.39 is 6.03 Å². The van der Waals surface area contributed by atoms with Gasteiger partial charge in [-0.3, -0.25) is 15.1 Å². The van der Waals surface area contributed by atoms with Crippen molar-refractivity contribution in [2.75, 3.05) is 23.1 Å². The predicted octanol–water partition coefficient (Wildman–Crippen LogP) is 3.23. The highest BCUT2D eigenvalue weighted by molar-refractivity contribution is 6.34. The lowest BCUT2D eigenvalue weighted by atomic mass is 10.2. The molecule has 0 saturated carbocycles. The van der Waals surface area contributed by atoms with Crippen LogP contribution in [-0.4, -0.2) is 34.0 Å². The van der Waals surface area contributed by atoms with Gasteiger partial charge >= 0.3 is 6.03 Å². The number of rotatable bonds is 6. The smallest absolute Gasteiger partial charge is 0.325 e. The van der Waals surface area contributed by atoms with E-state index in [-0.39, 0.29) is 40.3 Å². The lowest BCUT2D eigenvalue weighted by molar-refractivity contribution is -0.115. The van der Waals surface area contributed by atoms with E-state index in [2.05, 4.69) is 30.9 Å². The van der Waals surface area contributed by atoms with Crippen LogP contribution in [0.5, 0.6) is 5.75 Å². The molecule has 1 aromatic carbocycles. The molecular weight excluding hydrogens is 422 g/mol. The molecule has 3 amide bonds. The van der Waals surface area contributed by atoms with Gasteiger partial charge in [-0.15, -0.1) is 0 Å². The Hall–Kier alpha value is -4.23. The number of benzene rings is 1. The van der Waals surface area contributed by atoms with E-state index in [4.69, 9.17) is 21.6 Å². The quantitative estimate of drug-likeness (QED) is 0.537. The Morgan fingerprint density at radius 1 is 1.13 bits per heavy atom. The van der Waals surface area contributed by atoms with Crippen LogP contribution in [0, 0.1) is 11.3 Å². The largest absolute Gasteiger partial charge is 0.494 e. The lowest BCUT2D eigenvalue weighted by Crippen LogP contribution is -2.21. The number of nitriles is 1. The summed E-state index contributed by atoms with van der Waals surface area (Å²) in [4.78, 5) is 36.2. The van der Waals surface area contributed by atoms with E-state index in [1.807, 2.05) is 6.07 Å². The van der Waals surface area contributed by atoms with Crippen molar-refractivity contribution < 1.29 is 14.3 Å². The molecule has 0 unspecified atom stereocenters. The summed E-state index contributed by atoms with van der Waals surface area (Å²) in [6, 6.07) is 7.69. The summed E-state index contributed by atoms with van der Waals surface area (Å²) in [5.74, 6) is 0.151. The van der Waals surface area contributed by atoms with Gasteiger partial charge < -0.3 is 15.4 Å². The van der Waals surface area contributed by atoms with Crippen molar-refractivity contribution in [1.29, 1.82) is 5.26 Å². The summed E-state index contributed by atoms with van der Waals surface area (Å²) in [5, 5.41) is 16.7. The van der Waals surface area contributed by atoms with Gasteiger partial charge in [0.05, 0.1) is 42.3 Å². The Morgan fingerprint density at radius 2 is 1.97 bits per heavy atom. The molecule has 11 heteroatoms. The number of hydrogen-bond donors (Lipinski definition) is 3. The van der Waals surface area contributed by atoms with Gasteiger partial charge in [-0.25, -0.2) is 14.8 Å². The highest BCUT2D eigenvalue weighted by Crippen LogP contribution is 2.34. The average Bonchev–Trinajstić information content (AvgIpc) is 2.76. The third-order valence-corrected chi connectivity index (χ3v) is 4.22. The molecule has 3 aromatic rings. The second-order valence-corrected chi connectivity index (χ2v) is 6.50. The summed E-state index contributed by atoms with van der Waals surface area (Å²) in [5.41, 5.74) is 1.48. The first-order valence-electron chi connectivity index (χ1n) is 8.85. The highest BCUT2D eigenvalue weighted by atomic mass is 35.5. The van der Waals surface area contributed by atoms with E-state index in [1.54, 1.807) is 24.5 Å². The monoisotopic (exact) mass is 437 g/mol. The molecule has 31 heavy (non-hydrogen) atoms. The fourth-order valence-electron chi connectivity index (χ4n) is 2.52. The molecule has 156 valence electrons. The minimum Gasteiger partial charge on any atom is -0.494 e. The average molecular weight is 438 g/mol. The van der Waals surface area contributed by atoms with Crippen LogP contribution in [0.4, 0.5) is 22.0 Å². The molecule has 0 aliphatic heterocycles. The van der Waals surface area contributed by atoms with Crippen LogP contribution in [0.3, 0.4) is 0 Å². The first-order chi connectivity index (χ1) is 15.0. The predicted molar refractivity (Wildman–Crippen MR) is 114 cm³/mol. The summed E-state index contributed by atoms with van der Waals surface area (Å²) < 4.78 is 5.30. The van der Waals surface area contributed by atoms with Crippen LogP contribution in [0.25, 0.3) is 0 Å². The maximum atomic E-state index is 12.3. The number of amides is 3. The number of methoxy groups -OCH3 is 1. The van der Waals surface area contributed by atoms with E-state index in [0.717, 1.165) is 5.56 Å². The zero-order valence-corrected chi connectivity index (χ0v) is 17.0. The molecule has 0 aliphatic carbocycles. The summed E-state index contributed by atoms with van der Waals surface area (Å²) >= 11 is 6.28. The third-order valence-electron chi connectivity index (χ3n) is 3.91. The fourth-order valence-corrected chi connectivity index (χ4v) is 2.73. The topological polar surface area (TPSA) is 142 Å². The normalized spacial score (nSPS) is 9.97. The minimum atomic E-state index is -0.623. The van der Waals surface area contributed by atoms with Crippen LogP contribution in [0.15, 0.2) is 49.1 Å². The number of aromatic nitrogens is 3. The number of urea groups is 1. The number of carbonyl (C=O) groups is 2. The molecule has 3 rings (SSSR count). The molecule has 0 saturated heterocycles. The number of hydrogen-bond acceptors (Lipinski definition) is 7. The van der Waals surface area contributed by atoms with Crippen molar-refractivity contribution in [3.8, 4) is 11.8 Å². The number of pyridine rings is 1. The van der Waals surface area contributed by atoms with Crippen molar-refractivity contribution in [3.05, 3.63) is 65.3 Å². The number of anilines is 3. The Kier molecular flexibility index (Phi) is 6.93. The SMILES string of the molecule is COc1cc(NC(=O)Cc2cccnc2)c(Cl)cc1NC(=O)Nc1cnc(C#N)cn1. The summed E-state index contributed by atoms with van der Waals surface area (Å²) in [7, 11) is 1.42. The Morgan fingerprint density at radius 3 is 2.61 bits per heavy atom. The van der Waals surface area contributed by atoms with Gasteiger partial charge in [-0.1, -0.05) is 17.7 Å². The summed E-state index contributed by atoms with van der Waals surface area (Å²) in [6.45, 7) is 0. The highest BCUT2D eigenvalue weighted by Gasteiger charge is 2.15. The molecule has 10 nitrogen and oxygen atoms in total. The second-order valence-electron chi connectivity index (χ2n) is 6.10. The Bertz CT molecular complexity index is 1130. The number of carbonyl (C=O) groups excluding carboxylic acids is 2. The van der Waals surface area contributed by atoms with Crippen molar-refractivity contribution in [2.45, 2.75) is 6.42 Å². The molecule has 0 radical (unpaired) electrons. The second kappa shape index (κ2) is 10.00. The van der Waals surface area contributed by atoms with Crippen LogP contribution in [0.1, 0.15) is 11.3 Å². The molecule has 0 fully saturated rings.